The molecule has 0 spiro atoms. The Bertz CT molecular complexity index is 155. The highest BCUT2D eigenvalue weighted by Crippen LogP contribution is 2.41. The van der Waals surface area contributed by atoms with Gasteiger partial charge >= 0.3 is 0 Å². The fourth-order valence-electron chi connectivity index (χ4n) is 1.32. The molecule has 0 radical (unpaired) electrons. The molecule has 1 rings (SSSR count). The molecular formula is C8H11Br3. The van der Waals surface area contributed by atoms with Gasteiger partial charge in [-0.2, -0.15) is 0 Å². The fraction of sp³-hybridized carbons (Fsp3) is 0.750. The number of halogens is 3. The van der Waals surface area contributed by atoms with Crippen LogP contribution in [0.3, 0.4) is 0 Å². The highest BCUT2D eigenvalue weighted by atomic mass is 80.0. The number of hydrogen-bond donors (Lipinski definition) is 0. The summed E-state index contributed by atoms with van der Waals surface area (Å²) in [5.41, 5.74) is 1.56. The minimum absolute atomic E-state index is 0.0732. The van der Waals surface area contributed by atoms with Crippen LogP contribution in [0.15, 0.2) is 11.6 Å². The van der Waals surface area contributed by atoms with E-state index in [1.807, 2.05) is 0 Å². The van der Waals surface area contributed by atoms with Gasteiger partial charge in [0.15, 0.2) is 0 Å². The van der Waals surface area contributed by atoms with Crippen molar-refractivity contribution in [3.63, 3.8) is 0 Å². The summed E-state index contributed by atoms with van der Waals surface area (Å²) in [4.78, 5) is 0. The van der Waals surface area contributed by atoms with Crippen LogP contribution < -0.4 is 0 Å². The van der Waals surface area contributed by atoms with Gasteiger partial charge in [-0.1, -0.05) is 59.4 Å². The summed E-state index contributed by atoms with van der Waals surface area (Å²) in [6, 6.07) is 0. The van der Waals surface area contributed by atoms with Crippen molar-refractivity contribution in [1.82, 2.24) is 0 Å². The summed E-state index contributed by atoms with van der Waals surface area (Å²) in [7, 11) is 0. The Morgan fingerprint density at radius 2 is 2.00 bits per heavy atom. The van der Waals surface area contributed by atoms with Crippen LogP contribution in [0.1, 0.15) is 32.1 Å². The smallest absolute Gasteiger partial charge is 0.0852 e. The Labute approximate surface area is 93.2 Å². The first-order valence-electron chi connectivity index (χ1n) is 3.82. The second kappa shape index (κ2) is 4.43. The van der Waals surface area contributed by atoms with Gasteiger partial charge in [-0.05, 0) is 25.7 Å². The first-order chi connectivity index (χ1) is 5.08. The maximum Gasteiger partial charge on any atom is 0.138 e. The van der Waals surface area contributed by atoms with Crippen molar-refractivity contribution in [2.24, 2.45) is 0 Å². The normalized spacial score (nSPS) is 19.7. The van der Waals surface area contributed by atoms with Gasteiger partial charge in [0.1, 0.15) is 2.14 Å². The number of hydrogen-bond acceptors (Lipinski definition) is 0. The molecule has 0 unspecified atom stereocenters. The van der Waals surface area contributed by atoms with Crippen LogP contribution in [-0.2, 0) is 0 Å². The molecular weight excluding hydrogens is 336 g/mol. The van der Waals surface area contributed by atoms with E-state index in [0.717, 1.165) is 6.42 Å². The van der Waals surface area contributed by atoms with Crippen molar-refractivity contribution in [3.05, 3.63) is 11.6 Å². The van der Waals surface area contributed by atoms with Crippen molar-refractivity contribution in [1.29, 1.82) is 0 Å². The Kier molecular flexibility index (Phi) is 4.13. The summed E-state index contributed by atoms with van der Waals surface area (Å²) in [6.07, 6.45) is 8.66. The third-order valence-corrected chi connectivity index (χ3v) is 2.65. The molecule has 1 aliphatic carbocycles. The van der Waals surface area contributed by atoms with Crippen LogP contribution in [0.2, 0.25) is 0 Å². The molecule has 0 bridgehead atoms. The van der Waals surface area contributed by atoms with Crippen LogP contribution in [0.4, 0.5) is 0 Å². The van der Waals surface area contributed by atoms with Crippen molar-refractivity contribution >= 4 is 47.8 Å². The molecule has 0 aliphatic heterocycles. The maximum atomic E-state index is 3.51. The lowest BCUT2D eigenvalue weighted by Gasteiger charge is -2.17. The second-order valence-electron chi connectivity index (χ2n) is 2.90. The average molecular weight is 347 g/mol. The highest BCUT2D eigenvalue weighted by Gasteiger charge is 2.20. The molecule has 3 heteroatoms. The minimum Gasteiger partial charge on any atom is -0.0852 e. The zero-order chi connectivity index (χ0) is 8.32. The summed E-state index contributed by atoms with van der Waals surface area (Å²) in [6.45, 7) is 0. The SMILES string of the molecule is BrC(Br)(Br)CC1=CCCCC1. The summed E-state index contributed by atoms with van der Waals surface area (Å²) >= 11 is 10.5. The van der Waals surface area contributed by atoms with Crippen molar-refractivity contribution in [2.75, 3.05) is 0 Å². The van der Waals surface area contributed by atoms with E-state index < -0.39 is 0 Å². The Balaban J connectivity index is 2.42. The molecule has 0 aromatic rings. The number of rotatable bonds is 1. The van der Waals surface area contributed by atoms with E-state index in [0.29, 0.717) is 0 Å². The second-order valence-corrected chi connectivity index (χ2v) is 10.2. The quantitative estimate of drug-likeness (QED) is 0.476. The van der Waals surface area contributed by atoms with Gasteiger partial charge in [-0.3, -0.25) is 0 Å². The van der Waals surface area contributed by atoms with E-state index in [-0.39, 0.29) is 2.14 Å². The van der Waals surface area contributed by atoms with Crippen LogP contribution in [0.5, 0.6) is 0 Å². The van der Waals surface area contributed by atoms with Crippen molar-refractivity contribution in [2.45, 2.75) is 34.2 Å². The van der Waals surface area contributed by atoms with Gasteiger partial charge in [0.05, 0.1) is 0 Å². The zero-order valence-corrected chi connectivity index (χ0v) is 11.0. The molecule has 0 N–H and O–H groups in total. The molecule has 64 valence electrons. The lowest BCUT2D eigenvalue weighted by molar-refractivity contribution is 0.682. The van der Waals surface area contributed by atoms with E-state index in [1.54, 1.807) is 5.57 Å². The molecule has 0 nitrogen and oxygen atoms in total. The third-order valence-electron chi connectivity index (χ3n) is 1.81. The monoisotopic (exact) mass is 344 g/mol. The lowest BCUT2D eigenvalue weighted by Crippen LogP contribution is -2.03. The number of allylic oxidation sites excluding steroid dienone is 2. The molecule has 0 atom stereocenters. The first-order valence-corrected chi connectivity index (χ1v) is 6.20. The van der Waals surface area contributed by atoms with E-state index in [4.69, 9.17) is 0 Å². The summed E-state index contributed by atoms with van der Waals surface area (Å²) in [5.74, 6) is 0. The molecule has 1 aliphatic rings. The topological polar surface area (TPSA) is 0 Å². The van der Waals surface area contributed by atoms with E-state index >= 15 is 0 Å². The fourth-order valence-corrected chi connectivity index (χ4v) is 2.40. The molecule has 0 saturated heterocycles. The van der Waals surface area contributed by atoms with Gasteiger partial charge in [-0.25, -0.2) is 0 Å². The van der Waals surface area contributed by atoms with Crippen LogP contribution in [-0.4, -0.2) is 2.14 Å². The molecule has 0 aromatic heterocycles. The standard InChI is InChI=1S/C8H11Br3/c9-8(10,11)6-7-4-2-1-3-5-7/h4H,1-3,5-6H2. The maximum absolute atomic E-state index is 3.51. The number of alkyl halides is 3. The Morgan fingerprint density at radius 3 is 2.45 bits per heavy atom. The molecule has 0 amide bonds. The van der Waals surface area contributed by atoms with Crippen molar-refractivity contribution < 1.29 is 0 Å². The minimum atomic E-state index is -0.0732. The Hall–Kier alpha value is 1.18. The van der Waals surface area contributed by atoms with Crippen LogP contribution in [0.25, 0.3) is 0 Å². The third kappa shape index (κ3) is 4.69. The summed E-state index contributed by atoms with van der Waals surface area (Å²) in [5, 5.41) is 0. The van der Waals surface area contributed by atoms with E-state index in [9.17, 15) is 0 Å². The van der Waals surface area contributed by atoms with E-state index in [1.165, 1.54) is 25.7 Å². The first kappa shape index (κ1) is 10.3. The Morgan fingerprint density at radius 1 is 1.27 bits per heavy atom. The predicted molar refractivity (Wildman–Crippen MR) is 60.7 cm³/mol. The van der Waals surface area contributed by atoms with Gasteiger partial charge < -0.3 is 0 Å². The van der Waals surface area contributed by atoms with Crippen LogP contribution >= 0.6 is 47.8 Å². The lowest BCUT2D eigenvalue weighted by atomic mass is 9.98. The van der Waals surface area contributed by atoms with Gasteiger partial charge in [0.2, 0.25) is 0 Å². The summed E-state index contributed by atoms with van der Waals surface area (Å²) < 4.78 is -0.0732. The molecule has 0 aromatic carbocycles. The molecule has 0 saturated carbocycles. The zero-order valence-electron chi connectivity index (χ0n) is 6.25. The van der Waals surface area contributed by atoms with Crippen LogP contribution in [0, 0.1) is 0 Å². The van der Waals surface area contributed by atoms with E-state index in [2.05, 4.69) is 53.9 Å². The highest BCUT2D eigenvalue weighted by molar-refractivity contribution is 9.39. The molecule has 0 heterocycles. The van der Waals surface area contributed by atoms with Gasteiger partial charge in [0.25, 0.3) is 0 Å². The molecule has 11 heavy (non-hydrogen) atoms. The largest absolute Gasteiger partial charge is 0.138 e. The predicted octanol–water partition coefficient (Wildman–Crippen LogP) is 4.72. The van der Waals surface area contributed by atoms with Gasteiger partial charge in [0, 0.05) is 6.42 Å². The van der Waals surface area contributed by atoms with Gasteiger partial charge in [-0.15, -0.1) is 0 Å². The van der Waals surface area contributed by atoms with Crippen molar-refractivity contribution in [3.8, 4) is 0 Å². The molecule has 0 fully saturated rings. The average Bonchev–Trinajstić information content (AvgIpc) is 1.85.